The van der Waals surface area contributed by atoms with Gasteiger partial charge in [-0.1, -0.05) is 0 Å². The Bertz CT molecular complexity index is 442. The summed E-state index contributed by atoms with van der Waals surface area (Å²) >= 11 is 0. The molecule has 18 heavy (non-hydrogen) atoms. The van der Waals surface area contributed by atoms with E-state index in [0.29, 0.717) is 0 Å². The van der Waals surface area contributed by atoms with Gasteiger partial charge in [-0.15, -0.1) is 0 Å². The average Bonchev–Trinajstić information content (AvgIpc) is 2.24. The molecule has 1 atom stereocenters. The predicted octanol–water partition coefficient (Wildman–Crippen LogP) is 2.25. The summed E-state index contributed by atoms with van der Waals surface area (Å²) in [6, 6.07) is -1.88. The zero-order chi connectivity index (χ0) is 14.2. The highest BCUT2D eigenvalue weighted by Crippen LogP contribution is 2.37. The Labute approximate surface area is 95.8 Å². The van der Waals surface area contributed by atoms with Crippen LogP contribution in [0.5, 0.6) is 0 Å². The first-order chi connectivity index (χ1) is 8.12. The zero-order valence-corrected chi connectivity index (χ0v) is 8.45. The smallest absolute Gasteiger partial charge is 0.394 e. The van der Waals surface area contributed by atoms with Crippen LogP contribution in [0.4, 0.5) is 30.7 Å². The number of rotatable bonds is 2. The minimum absolute atomic E-state index is 1.10. The molecule has 102 valence electrons. The van der Waals surface area contributed by atoms with Crippen LogP contribution in [-0.4, -0.2) is 11.7 Å². The van der Waals surface area contributed by atoms with Crippen LogP contribution >= 0.6 is 0 Å². The van der Waals surface area contributed by atoms with E-state index >= 15 is 0 Å². The normalized spacial score (nSPS) is 13.8. The lowest BCUT2D eigenvalue weighted by Gasteiger charge is -2.16. The second kappa shape index (κ2) is 4.73. The standard InChI is InChI=1S/C9H6F7NO/c10-5-3(2(17)1-18)6(11)8(13)4(7(5)12)9(14,15)16/h2,18H,1,17H2/t2-/m1/s1. The summed E-state index contributed by atoms with van der Waals surface area (Å²) in [6.07, 6.45) is -5.60. The Kier molecular flexibility index (Phi) is 3.86. The van der Waals surface area contributed by atoms with Gasteiger partial charge in [-0.2, -0.15) is 13.2 Å². The van der Waals surface area contributed by atoms with Gasteiger partial charge in [0.05, 0.1) is 12.6 Å². The molecule has 2 nitrogen and oxygen atoms in total. The third-order valence-corrected chi connectivity index (χ3v) is 2.15. The van der Waals surface area contributed by atoms with E-state index in [2.05, 4.69) is 0 Å². The molecule has 9 heteroatoms. The second-order valence-corrected chi connectivity index (χ2v) is 3.33. The largest absolute Gasteiger partial charge is 0.422 e. The van der Waals surface area contributed by atoms with Gasteiger partial charge in [-0.25, -0.2) is 17.6 Å². The number of hydrogen-bond acceptors (Lipinski definition) is 2. The van der Waals surface area contributed by atoms with Gasteiger partial charge in [-0.05, 0) is 0 Å². The maximum absolute atomic E-state index is 13.2. The summed E-state index contributed by atoms with van der Waals surface area (Å²) in [5.74, 6) is -9.74. The van der Waals surface area contributed by atoms with Gasteiger partial charge in [-0.3, -0.25) is 0 Å². The van der Waals surface area contributed by atoms with Crippen molar-refractivity contribution >= 4 is 0 Å². The average molecular weight is 277 g/mol. The zero-order valence-electron chi connectivity index (χ0n) is 8.45. The summed E-state index contributed by atoms with van der Waals surface area (Å²) in [4.78, 5) is 0. The molecule has 1 aromatic rings. The predicted molar refractivity (Wildman–Crippen MR) is 45.3 cm³/mol. The number of aliphatic hydroxyl groups is 1. The monoisotopic (exact) mass is 277 g/mol. The first-order valence-electron chi connectivity index (χ1n) is 4.42. The fraction of sp³-hybridized carbons (Fsp3) is 0.333. The highest BCUT2D eigenvalue weighted by Gasteiger charge is 2.42. The molecule has 0 aliphatic heterocycles. The Morgan fingerprint density at radius 3 is 1.61 bits per heavy atom. The fourth-order valence-electron chi connectivity index (χ4n) is 1.31. The number of hydrogen-bond donors (Lipinski definition) is 2. The quantitative estimate of drug-likeness (QED) is 0.643. The van der Waals surface area contributed by atoms with Gasteiger partial charge in [0.25, 0.3) is 0 Å². The number of aliphatic hydroxyl groups excluding tert-OH is 1. The van der Waals surface area contributed by atoms with Crippen LogP contribution in [0.25, 0.3) is 0 Å². The van der Waals surface area contributed by atoms with Crippen LogP contribution in [0, 0.1) is 23.3 Å². The van der Waals surface area contributed by atoms with Crippen molar-refractivity contribution in [3.05, 3.63) is 34.4 Å². The molecule has 0 fully saturated rings. The minimum atomic E-state index is -5.60. The van der Waals surface area contributed by atoms with E-state index in [4.69, 9.17) is 10.8 Å². The Balaban J connectivity index is 3.67. The summed E-state index contributed by atoms with van der Waals surface area (Å²) in [5, 5.41) is 8.52. The number of nitrogens with two attached hydrogens (primary N) is 1. The lowest BCUT2D eigenvalue weighted by Crippen LogP contribution is -2.23. The van der Waals surface area contributed by atoms with Crippen LogP contribution in [0.1, 0.15) is 17.2 Å². The molecule has 0 saturated heterocycles. The van der Waals surface area contributed by atoms with Crippen molar-refractivity contribution in [2.45, 2.75) is 12.2 Å². The molecule has 0 saturated carbocycles. The van der Waals surface area contributed by atoms with Gasteiger partial charge in [0, 0.05) is 5.56 Å². The molecule has 1 aromatic carbocycles. The molecule has 0 aromatic heterocycles. The van der Waals surface area contributed by atoms with Crippen LogP contribution in [0.2, 0.25) is 0 Å². The lowest BCUT2D eigenvalue weighted by molar-refractivity contribution is -0.143. The van der Waals surface area contributed by atoms with Gasteiger partial charge < -0.3 is 10.8 Å². The molecule has 0 heterocycles. The van der Waals surface area contributed by atoms with Gasteiger partial charge in [0.2, 0.25) is 0 Å². The second-order valence-electron chi connectivity index (χ2n) is 3.33. The summed E-state index contributed by atoms with van der Waals surface area (Å²) in [6.45, 7) is -1.10. The molecule has 0 spiro atoms. The Morgan fingerprint density at radius 2 is 1.33 bits per heavy atom. The van der Waals surface area contributed by atoms with E-state index in [1.165, 1.54) is 0 Å². The van der Waals surface area contributed by atoms with Crippen LogP contribution in [0.15, 0.2) is 0 Å². The molecular formula is C9H6F7NO. The molecular weight excluding hydrogens is 271 g/mol. The highest BCUT2D eigenvalue weighted by atomic mass is 19.4. The van der Waals surface area contributed by atoms with Gasteiger partial charge >= 0.3 is 6.18 Å². The first-order valence-corrected chi connectivity index (χ1v) is 4.42. The Hall–Kier alpha value is -1.35. The van der Waals surface area contributed by atoms with Crippen molar-refractivity contribution in [2.75, 3.05) is 6.61 Å². The minimum Gasteiger partial charge on any atom is -0.394 e. The van der Waals surface area contributed by atoms with Crippen molar-refractivity contribution in [1.29, 1.82) is 0 Å². The molecule has 0 unspecified atom stereocenters. The van der Waals surface area contributed by atoms with Crippen LogP contribution in [0.3, 0.4) is 0 Å². The SMILES string of the molecule is N[C@H](CO)c1c(F)c(F)c(C(F)(F)F)c(F)c1F. The van der Waals surface area contributed by atoms with Crippen LogP contribution in [-0.2, 0) is 6.18 Å². The third-order valence-electron chi connectivity index (χ3n) is 2.15. The molecule has 0 aliphatic rings. The number of benzene rings is 1. The Morgan fingerprint density at radius 1 is 0.944 bits per heavy atom. The van der Waals surface area contributed by atoms with Crippen molar-refractivity contribution in [3.8, 4) is 0 Å². The van der Waals surface area contributed by atoms with E-state index in [1.807, 2.05) is 0 Å². The van der Waals surface area contributed by atoms with Crippen LogP contribution < -0.4 is 5.73 Å². The molecule has 1 rings (SSSR count). The first kappa shape index (κ1) is 14.7. The van der Waals surface area contributed by atoms with E-state index < -0.39 is 53.2 Å². The topological polar surface area (TPSA) is 46.2 Å². The summed E-state index contributed by atoms with van der Waals surface area (Å²) < 4.78 is 89.1. The maximum atomic E-state index is 13.2. The van der Waals surface area contributed by atoms with Crippen molar-refractivity contribution < 1.29 is 35.8 Å². The fourth-order valence-corrected chi connectivity index (χ4v) is 1.31. The van der Waals surface area contributed by atoms with E-state index in [-0.39, 0.29) is 0 Å². The van der Waals surface area contributed by atoms with E-state index in [9.17, 15) is 30.7 Å². The van der Waals surface area contributed by atoms with Gasteiger partial charge in [0.1, 0.15) is 5.56 Å². The molecule has 0 radical (unpaired) electrons. The highest BCUT2D eigenvalue weighted by molar-refractivity contribution is 5.33. The number of alkyl halides is 3. The van der Waals surface area contributed by atoms with E-state index in [0.717, 1.165) is 0 Å². The third kappa shape index (κ3) is 2.27. The lowest BCUT2D eigenvalue weighted by atomic mass is 10.0. The summed E-state index contributed by atoms with van der Waals surface area (Å²) in [7, 11) is 0. The van der Waals surface area contributed by atoms with Crippen molar-refractivity contribution in [2.24, 2.45) is 5.73 Å². The van der Waals surface area contributed by atoms with E-state index in [1.54, 1.807) is 0 Å². The molecule has 0 aliphatic carbocycles. The summed E-state index contributed by atoms with van der Waals surface area (Å²) in [5.41, 5.74) is 0.802. The molecule has 3 N–H and O–H groups in total. The van der Waals surface area contributed by atoms with Crippen molar-refractivity contribution in [3.63, 3.8) is 0 Å². The maximum Gasteiger partial charge on any atom is 0.422 e. The van der Waals surface area contributed by atoms with Gasteiger partial charge in [0.15, 0.2) is 23.3 Å². The molecule has 0 amide bonds. The number of halogens is 7. The van der Waals surface area contributed by atoms with Crippen molar-refractivity contribution in [1.82, 2.24) is 0 Å². The molecule has 0 bridgehead atoms.